The Kier molecular flexibility index (Phi) is 6.02. The van der Waals surface area contributed by atoms with Gasteiger partial charge in [-0.15, -0.1) is 0 Å². The van der Waals surface area contributed by atoms with E-state index in [1.54, 1.807) is 4.68 Å². The summed E-state index contributed by atoms with van der Waals surface area (Å²) >= 11 is 0. The minimum atomic E-state index is -0.0335. The fourth-order valence-electron chi connectivity index (χ4n) is 3.41. The predicted octanol–water partition coefficient (Wildman–Crippen LogP) is 2.19. The van der Waals surface area contributed by atoms with E-state index in [0.29, 0.717) is 12.3 Å². The van der Waals surface area contributed by atoms with Crippen LogP contribution < -0.4 is 5.32 Å². The SMILES string of the molecule is Cc1nn(C)cc1[C@@H](C)NC(=O)CC1CCN(C(=O)C(C)C)CC1. The van der Waals surface area contributed by atoms with Gasteiger partial charge in [0, 0.05) is 44.2 Å². The van der Waals surface area contributed by atoms with Crippen molar-refractivity contribution in [3.8, 4) is 0 Å². The fourth-order valence-corrected chi connectivity index (χ4v) is 3.41. The summed E-state index contributed by atoms with van der Waals surface area (Å²) < 4.78 is 1.77. The van der Waals surface area contributed by atoms with Gasteiger partial charge in [0.15, 0.2) is 0 Å². The monoisotopic (exact) mass is 334 g/mol. The molecule has 6 heteroatoms. The molecule has 2 heterocycles. The van der Waals surface area contributed by atoms with Crippen LogP contribution in [-0.4, -0.2) is 39.6 Å². The number of aryl methyl sites for hydroxylation is 2. The number of carbonyl (C=O) groups excluding carboxylic acids is 2. The van der Waals surface area contributed by atoms with Gasteiger partial charge in [0.2, 0.25) is 11.8 Å². The molecule has 1 aromatic rings. The summed E-state index contributed by atoms with van der Waals surface area (Å²) in [6.45, 7) is 9.36. The normalized spacial score (nSPS) is 17.2. The van der Waals surface area contributed by atoms with E-state index in [9.17, 15) is 9.59 Å². The van der Waals surface area contributed by atoms with Gasteiger partial charge < -0.3 is 10.2 Å². The van der Waals surface area contributed by atoms with E-state index < -0.39 is 0 Å². The van der Waals surface area contributed by atoms with E-state index in [4.69, 9.17) is 0 Å². The summed E-state index contributed by atoms with van der Waals surface area (Å²) in [4.78, 5) is 26.3. The summed E-state index contributed by atoms with van der Waals surface area (Å²) in [5.41, 5.74) is 2.01. The maximum atomic E-state index is 12.3. The van der Waals surface area contributed by atoms with Gasteiger partial charge in [-0.05, 0) is 32.6 Å². The van der Waals surface area contributed by atoms with Gasteiger partial charge in [-0.3, -0.25) is 14.3 Å². The van der Waals surface area contributed by atoms with Crippen LogP contribution in [0.15, 0.2) is 6.20 Å². The van der Waals surface area contributed by atoms with Crippen LogP contribution in [0, 0.1) is 18.8 Å². The van der Waals surface area contributed by atoms with Gasteiger partial charge in [-0.2, -0.15) is 5.10 Å². The number of piperidine rings is 1. The molecule has 0 bridgehead atoms. The van der Waals surface area contributed by atoms with E-state index in [-0.39, 0.29) is 23.8 Å². The quantitative estimate of drug-likeness (QED) is 0.897. The highest BCUT2D eigenvalue weighted by Crippen LogP contribution is 2.22. The lowest BCUT2D eigenvalue weighted by Crippen LogP contribution is -2.41. The molecule has 1 aliphatic rings. The van der Waals surface area contributed by atoms with Crippen LogP contribution in [0.1, 0.15) is 57.3 Å². The number of aromatic nitrogens is 2. The molecule has 0 spiro atoms. The summed E-state index contributed by atoms with van der Waals surface area (Å²) in [5, 5.41) is 7.40. The highest BCUT2D eigenvalue weighted by molar-refractivity contribution is 5.78. The number of nitrogens with one attached hydrogen (secondary N) is 1. The maximum absolute atomic E-state index is 12.3. The van der Waals surface area contributed by atoms with E-state index in [1.165, 1.54) is 0 Å². The number of amides is 2. The Labute approximate surface area is 144 Å². The van der Waals surface area contributed by atoms with Crippen molar-refractivity contribution in [3.05, 3.63) is 17.5 Å². The van der Waals surface area contributed by atoms with Crippen LogP contribution in [0.2, 0.25) is 0 Å². The second-order valence-electron chi connectivity index (χ2n) is 7.26. The van der Waals surface area contributed by atoms with Crippen molar-refractivity contribution in [2.75, 3.05) is 13.1 Å². The first kappa shape index (κ1) is 18.5. The zero-order valence-electron chi connectivity index (χ0n) is 15.5. The third kappa shape index (κ3) is 4.58. The standard InChI is InChI=1S/C18H30N4O2/c1-12(2)18(24)22-8-6-15(7-9-22)10-17(23)19-13(3)16-11-21(5)20-14(16)4/h11-13,15H,6-10H2,1-5H3,(H,19,23)/t13-/m1/s1. The highest BCUT2D eigenvalue weighted by atomic mass is 16.2. The summed E-state index contributed by atoms with van der Waals surface area (Å²) in [7, 11) is 1.89. The Morgan fingerprint density at radius 3 is 2.42 bits per heavy atom. The second-order valence-corrected chi connectivity index (χ2v) is 7.26. The molecule has 1 aromatic heterocycles. The molecule has 0 radical (unpaired) electrons. The summed E-state index contributed by atoms with van der Waals surface area (Å²) in [6.07, 6.45) is 4.31. The minimum absolute atomic E-state index is 0.0335. The fraction of sp³-hybridized carbons (Fsp3) is 0.722. The molecule has 1 fully saturated rings. The smallest absolute Gasteiger partial charge is 0.225 e. The van der Waals surface area contributed by atoms with Gasteiger partial charge in [0.25, 0.3) is 0 Å². The molecule has 2 rings (SSSR count). The Balaban J connectivity index is 1.79. The minimum Gasteiger partial charge on any atom is -0.349 e. The predicted molar refractivity (Wildman–Crippen MR) is 93.3 cm³/mol. The Morgan fingerprint density at radius 1 is 1.29 bits per heavy atom. The number of likely N-dealkylation sites (tertiary alicyclic amines) is 1. The molecule has 0 saturated carbocycles. The number of carbonyl (C=O) groups is 2. The van der Waals surface area contributed by atoms with Gasteiger partial charge >= 0.3 is 0 Å². The van der Waals surface area contributed by atoms with Crippen molar-refractivity contribution in [3.63, 3.8) is 0 Å². The van der Waals surface area contributed by atoms with Crippen LogP contribution in [0.4, 0.5) is 0 Å². The molecule has 6 nitrogen and oxygen atoms in total. The van der Waals surface area contributed by atoms with E-state index >= 15 is 0 Å². The van der Waals surface area contributed by atoms with Crippen LogP contribution in [-0.2, 0) is 16.6 Å². The Hall–Kier alpha value is -1.85. The van der Waals surface area contributed by atoms with E-state index in [1.807, 2.05) is 45.8 Å². The zero-order valence-corrected chi connectivity index (χ0v) is 15.5. The van der Waals surface area contributed by atoms with Crippen molar-refractivity contribution in [2.24, 2.45) is 18.9 Å². The van der Waals surface area contributed by atoms with Gasteiger partial charge in [-0.25, -0.2) is 0 Å². The maximum Gasteiger partial charge on any atom is 0.225 e. The lowest BCUT2D eigenvalue weighted by molar-refractivity contribution is -0.136. The highest BCUT2D eigenvalue weighted by Gasteiger charge is 2.26. The molecule has 1 aliphatic heterocycles. The third-order valence-corrected chi connectivity index (χ3v) is 4.79. The molecular weight excluding hydrogens is 304 g/mol. The first-order chi connectivity index (χ1) is 11.3. The molecule has 1 N–H and O–H groups in total. The van der Waals surface area contributed by atoms with Gasteiger partial charge in [0.1, 0.15) is 0 Å². The van der Waals surface area contributed by atoms with Crippen molar-refractivity contribution < 1.29 is 9.59 Å². The van der Waals surface area contributed by atoms with E-state index in [2.05, 4.69) is 10.4 Å². The topological polar surface area (TPSA) is 67.2 Å². The Morgan fingerprint density at radius 2 is 1.92 bits per heavy atom. The molecule has 24 heavy (non-hydrogen) atoms. The molecule has 134 valence electrons. The van der Waals surface area contributed by atoms with E-state index in [0.717, 1.165) is 37.2 Å². The van der Waals surface area contributed by atoms with Gasteiger partial charge in [0.05, 0.1) is 11.7 Å². The number of hydrogen-bond donors (Lipinski definition) is 1. The molecule has 1 saturated heterocycles. The first-order valence-corrected chi connectivity index (χ1v) is 8.86. The van der Waals surface area contributed by atoms with Crippen molar-refractivity contribution in [1.82, 2.24) is 20.0 Å². The largest absolute Gasteiger partial charge is 0.349 e. The number of nitrogens with zero attached hydrogens (tertiary/aromatic N) is 3. The summed E-state index contributed by atoms with van der Waals surface area (Å²) in [6, 6.07) is -0.0335. The molecule has 2 amide bonds. The third-order valence-electron chi connectivity index (χ3n) is 4.79. The molecule has 0 aliphatic carbocycles. The lowest BCUT2D eigenvalue weighted by atomic mass is 9.92. The molecule has 0 aromatic carbocycles. The second kappa shape index (κ2) is 7.81. The zero-order chi connectivity index (χ0) is 17.9. The van der Waals surface area contributed by atoms with Crippen molar-refractivity contribution in [2.45, 2.75) is 53.0 Å². The van der Waals surface area contributed by atoms with Crippen LogP contribution >= 0.6 is 0 Å². The van der Waals surface area contributed by atoms with Crippen molar-refractivity contribution in [1.29, 1.82) is 0 Å². The molecular formula is C18H30N4O2. The molecule has 1 atom stereocenters. The van der Waals surface area contributed by atoms with Crippen LogP contribution in [0.5, 0.6) is 0 Å². The number of rotatable bonds is 5. The average molecular weight is 334 g/mol. The summed E-state index contributed by atoms with van der Waals surface area (Å²) in [5.74, 6) is 0.717. The first-order valence-electron chi connectivity index (χ1n) is 8.86. The lowest BCUT2D eigenvalue weighted by Gasteiger charge is -2.33. The Bertz CT molecular complexity index is 586. The van der Waals surface area contributed by atoms with Crippen molar-refractivity contribution >= 4 is 11.8 Å². The van der Waals surface area contributed by atoms with Gasteiger partial charge in [-0.1, -0.05) is 13.8 Å². The number of hydrogen-bond acceptors (Lipinski definition) is 3. The van der Waals surface area contributed by atoms with Crippen LogP contribution in [0.25, 0.3) is 0 Å². The average Bonchev–Trinajstić information content (AvgIpc) is 2.85. The molecule has 0 unspecified atom stereocenters. The van der Waals surface area contributed by atoms with Crippen LogP contribution in [0.3, 0.4) is 0 Å².